The monoisotopic (exact) mass is 485 g/mol. The van der Waals surface area contributed by atoms with E-state index in [0.29, 0.717) is 5.56 Å². The van der Waals surface area contributed by atoms with E-state index >= 15 is 0 Å². The Hall–Kier alpha value is -2.79. The van der Waals surface area contributed by atoms with Crippen LogP contribution in [0.5, 0.6) is 0 Å². The molecule has 1 aromatic carbocycles. The highest BCUT2D eigenvalue weighted by Gasteiger charge is 2.47. The van der Waals surface area contributed by atoms with E-state index in [4.69, 9.17) is 17.3 Å². The molecular formula is C21H23ClF3N5O3. The molecule has 33 heavy (non-hydrogen) atoms. The van der Waals surface area contributed by atoms with Crippen molar-refractivity contribution in [2.45, 2.75) is 56.8 Å². The van der Waals surface area contributed by atoms with Gasteiger partial charge in [-0.25, -0.2) is 18.0 Å². The topological polar surface area (TPSA) is 113 Å². The van der Waals surface area contributed by atoms with Gasteiger partial charge in [0.15, 0.2) is 0 Å². The number of primary amides is 1. The van der Waals surface area contributed by atoms with Crippen LogP contribution in [0.2, 0.25) is 5.02 Å². The highest BCUT2D eigenvalue weighted by atomic mass is 35.5. The minimum atomic E-state index is -2.79. The van der Waals surface area contributed by atoms with Crippen molar-refractivity contribution in [3.8, 4) is 11.3 Å². The van der Waals surface area contributed by atoms with E-state index in [9.17, 15) is 27.9 Å². The van der Waals surface area contributed by atoms with Gasteiger partial charge in [0.25, 0.3) is 11.8 Å². The van der Waals surface area contributed by atoms with Crippen LogP contribution in [0.3, 0.4) is 0 Å². The van der Waals surface area contributed by atoms with Crippen molar-refractivity contribution in [1.29, 1.82) is 0 Å². The molecule has 4 rings (SSSR count). The van der Waals surface area contributed by atoms with E-state index in [2.05, 4.69) is 10.4 Å². The SMILES string of the molecule is CC(C)(O)[C@H]1CN(C(=O)NC2CC(F)(F)C2)Cc2c(C(N)=O)c(-c3ccc(F)c(Cl)c3)nn21. The molecular weight excluding hydrogens is 463 g/mol. The van der Waals surface area contributed by atoms with E-state index in [1.165, 1.54) is 35.6 Å². The Labute approximate surface area is 192 Å². The number of benzene rings is 1. The van der Waals surface area contributed by atoms with Crippen molar-refractivity contribution in [3.05, 3.63) is 40.3 Å². The van der Waals surface area contributed by atoms with Gasteiger partial charge in [-0.15, -0.1) is 0 Å². The normalized spacial score (nSPS) is 20.2. The number of aliphatic hydroxyl groups is 1. The average molecular weight is 486 g/mol. The molecule has 1 fully saturated rings. The number of halogens is 4. The maximum atomic E-state index is 13.7. The molecule has 0 saturated heterocycles. The van der Waals surface area contributed by atoms with Crippen molar-refractivity contribution in [2.24, 2.45) is 5.73 Å². The van der Waals surface area contributed by atoms with E-state index in [1.54, 1.807) is 0 Å². The molecule has 1 atom stereocenters. The van der Waals surface area contributed by atoms with Crippen molar-refractivity contribution < 1.29 is 27.9 Å². The second kappa shape index (κ2) is 7.91. The lowest BCUT2D eigenvalue weighted by Crippen LogP contribution is -2.56. The first-order chi connectivity index (χ1) is 15.3. The maximum absolute atomic E-state index is 13.7. The summed E-state index contributed by atoms with van der Waals surface area (Å²) < 4.78 is 41.4. The summed E-state index contributed by atoms with van der Waals surface area (Å²) in [7, 11) is 0. The van der Waals surface area contributed by atoms with Crippen LogP contribution in [-0.2, 0) is 6.54 Å². The fourth-order valence-electron chi connectivity index (χ4n) is 4.22. The third-order valence-corrected chi connectivity index (χ3v) is 6.29. The molecule has 2 heterocycles. The molecule has 178 valence electrons. The summed E-state index contributed by atoms with van der Waals surface area (Å²) >= 11 is 5.90. The highest BCUT2D eigenvalue weighted by molar-refractivity contribution is 6.31. The smallest absolute Gasteiger partial charge is 0.318 e. The average Bonchev–Trinajstić information content (AvgIpc) is 3.06. The molecule has 0 bridgehead atoms. The van der Waals surface area contributed by atoms with Crippen LogP contribution in [-0.4, -0.2) is 55.8 Å². The third-order valence-electron chi connectivity index (χ3n) is 6.00. The molecule has 4 N–H and O–H groups in total. The summed E-state index contributed by atoms with van der Waals surface area (Å²) in [5, 5.41) is 17.7. The lowest BCUT2D eigenvalue weighted by atomic mass is 9.88. The molecule has 0 radical (unpaired) electrons. The summed E-state index contributed by atoms with van der Waals surface area (Å²) in [4.78, 5) is 26.6. The summed E-state index contributed by atoms with van der Waals surface area (Å²) in [5.41, 5.74) is 5.00. The predicted octanol–water partition coefficient (Wildman–Crippen LogP) is 3.08. The van der Waals surface area contributed by atoms with E-state index in [-0.39, 0.29) is 35.1 Å². The summed E-state index contributed by atoms with van der Waals surface area (Å²) in [6.45, 7) is 2.96. The number of alkyl halides is 2. The Balaban J connectivity index is 1.74. The van der Waals surface area contributed by atoms with Crippen molar-refractivity contribution in [3.63, 3.8) is 0 Å². The van der Waals surface area contributed by atoms with Crippen LogP contribution in [0.1, 0.15) is 48.8 Å². The Kier molecular flexibility index (Phi) is 5.60. The fourth-order valence-corrected chi connectivity index (χ4v) is 4.40. The van der Waals surface area contributed by atoms with Crippen molar-refractivity contribution in [2.75, 3.05) is 6.54 Å². The number of rotatable bonds is 4. The number of aromatic nitrogens is 2. The van der Waals surface area contributed by atoms with E-state index in [1.807, 2.05) is 0 Å². The van der Waals surface area contributed by atoms with Crippen LogP contribution < -0.4 is 11.1 Å². The lowest BCUT2D eigenvalue weighted by molar-refractivity contribution is -0.0906. The Bertz CT molecular complexity index is 1120. The second-order valence-electron chi connectivity index (χ2n) is 9.07. The van der Waals surface area contributed by atoms with Crippen LogP contribution in [0.25, 0.3) is 11.3 Å². The minimum absolute atomic E-state index is 0.000368. The standard InChI is InChI=1S/C21H23ClF3N5O3/c1-20(2,33)15-9-29(19(32)27-11-6-21(24,25)7-11)8-14-16(18(26)31)17(28-30(14)15)10-3-4-13(23)12(22)5-10/h3-5,11,15,33H,6-9H2,1-2H3,(H2,26,31)(H,27,32)/t15-/m1/s1. The zero-order chi connectivity index (χ0) is 24.3. The van der Waals surface area contributed by atoms with Gasteiger partial charge in [0.05, 0.1) is 34.5 Å². The fraction of sp³-hybridized carbons (Fsp3) is 0.476. The van der Waals surface area contributed by atoms with Gasteiger partial charge in [0.2, 0.25) is 0 Å². The first kappa shape index (κ1) is 23.4. The number of carbonyl (C=O) groups is 2. The molecule has 1 saturated carbocycles. The van der Waals surface area contributed by atoms with Gasteiger partial charge in [-0.2, -0.15) is 5.10 Å². The number of carbonyl (C=O) groups excluding carboxylic acids is 2. The quantitative estimate of drug-likeness (QED) is 0.617. The molecule has 1 aromatic heterocycles. The van der Waals surface area contributed by atoms with E-state index in [0.717, 1.165) is 6.07 Å². The summed E-state index contributed by atoms with van der Waals surface area (Å²) in [6, 6.07) is 1.78. The van der Waals surface area contributed by atoms with Gasteiger partial charge >= 0.3 is 6.03 Å². The summed E-state index contributed by atoms with van der Waals surface area (Å²) in [5.74, 6) is -4.27. The molecule has 2 aliphatic rings. The molecule has 2 aromatic rings. The Morgan fingerprint density at radius 2 is 2.00 bits per heavy atom. The lowest BCUT2D eigenvalue weighted by Gasteiger charge is -2.41. The van der Waals surface area contributed by atoms with E-state index < -0.39 is 54.2 Å². The Morgan fingerprint density at radius 3 is 2.55 bits per heavy atom. The molecule has 0 spiro atoms. The number of nitrogens with one attached hydrogen (secondary N) is 1. The molecule has 1 aliphatic carbocycles. The van der Waals surface area contributed by atoms with Gasteiger partial charge in [0, 0.05) is 31.0 Å². The van der Waals surface area contributed by atoms with Crippen LogP contribution in [0, 0.1) is 5.82 Å². The second-order valence-corrected chi connectivity index (χ2v) is 9.48. The number of nitrogens with zero attached hydrogens (tertiary/aromatic N) is 3. The molecule has 12 heteroatoms. The molecule has 3 amide bonds. The van der Waals surface area contributed by atoms with Gasteiger partial charge in [-0.3, -0.25) is 9.48 Å². The predicted molar refractivity (Wildman–Crippen MR) is 113 cm³/mol. The number of fused-ring (bicyclic) bond motifs is 1. The van der Waals surface area contributed by atoms with Gasteiger partial charge in [-0.1, -0.05) is 11.6 Å². The summed E-state index contributed by atoms with van der Waals surface area (Å²) in [6.07, 6.45) is -0.886. The van der Waals surface area contributed by atoms with Gasteiger partial charge in [-0.05, 0) is 32.0 Å². The maximum Gasteiger partial charge on any atom is 0.318 e. The Morgan fingerprint density at radius 1 is 1.33 bits per heavy atom. The van der Waals surface area contributed by atoms with Gasteiger partial charge in [0.1, 0.15) is 11.5 Å². The number of nitrogens with two attached hydrogens (primary N) is 1. The van der Waals surface area contributed by atoms with Gasteiger partial charge < -0.3 is 21.1 Å². The first-order valence-corrected chi connectivity index (χ1v) is 10.7. The van der Waals surface area contributed by atoms with Crippen LogP contribution in [0.15, 0.2) is 18.2 Å². The first-order valence-electron chi connectivity index (χ1n) is 10.3. The number of hydrogen-bond donors (Lipinski definition) is 3. The number of amides is 3. The molecule has 1 aliphatic heterocycles. The minimum Gasteiger partial charge on any atom is -0.388 e. The number of hydrogen-bond acceptors (Lipinski definition) is 4. The van der Waals surface area contributed by atoms with Crippen molar-refractivity contribution in [1.82, 2.24) is 20.0 Å². The zero-order valence-electron chi connectivity index (χ0n) is 17.9. The van der Waals surface area contributed by atoms with Crippen LogP contribution in [0.4, 0.5) is 18.0 Å². The number of urea groups is 1. The van der Waals surface area contributed by atoms with Crippen molar-refractivity contribution >= 4 is 23.5 Å². The largest absolute Gasteiger partial charge is 0.388 e. The molecule has 0 unspecified atom stereocenters. The highest BCUT2D eigenvalue weighted by Crippen LogP contribution is 2.39. The van der Waals surface area contributed by atoms with Crippen LogP contribution >= 0.6 is 11.6 Å². The molecule has 8 nitrogen and oxygen atoms in total. The zero-order valence-corrected chi connectivity index (χ0v) is 18.7. The third kappa shape index (κ3) is 4.39.